The van der Waals surface area contributed by atoms with Crippen molar-refractivity contribution in [1.82, 2.24) is 10.6 Å². The maximum absolute atomic E-state index is 12.3. The van der Waals surface area contributed by atoms with E-state index in [1.165, 1.54) is 51.4 Å². The lowest BCUT2D eigenvalue weighted by Crippen LogP contribution is -2.58. The van der Waals surface area contributed by atoms with E-state index in [1.54, 1.807) is 0 Å². The molecule has 3 amide bonds. The summed E-state index contributed by atoms with van der Waals surface area (Å²) in [7, 11) is 0. The summed E-state index contributed by atoms with van der Waals surface area (Å²) in [5.41, 5.74) is 2.00. The maximum Gasteiger partial charge on any atom is 0.249 e. The molecule has 0 spiro atoms. The summed E-state index contributed by atoms with van der Waals surface area (Å²) in [6.07, 6.45) is 14.5. The van der Waals surface area contributed by atoms with Crippen molar-refractivity contribution in [1.29, 1.82) is 0 Å². The van der Waals surface area contributed by atoms with Crippen molar-refractivity contribution in [3.63, 3.8) is 0 Å². The standard InChI is InChI=1S/C28H40N4O3/c33-25(31-23-8-6-22(7-9-23)30-24-10-11-26(34)32-27(24)35)5-3-1-2-4-12-29-28-16-19-13-20(17-28)15-21(14-19)18-28/h6-9,19-21,24,29-30H,1-5,10-18H2,(H,31,33)(H,32,34,35). The highest BCUT2D eigenvalue weighted by atomic mass is 16.2. The van der Waals surface area contributed by atoms with Gasteiger partial charge in [-0.15, -0.1) is 0 Å². The van der Waals surface area contributed by atoms with Gasteiger partial charge in [0, 0.05) is 29.8 Å². The minimum absolute atomic E-state index is 0.0440. The molecule has 0 radical (unpaired) electrons. The number of benzene rings is 1. The van der Waals surface area contributed by atoms with Crippen LogP contribution in [-0.4, -0.2) is 35.8 Å². The molecule has 1 aromatic rings. The number of carbonyl (C=O) groups is 3. The van der Waals surface area contributed by atoms with E-state index in [2.05, 4.69) is 21.3 Å². The van der Waals surface area contributed by atoms with Crippen LogP contribution >= 0.6 is 0 Å². The number of unbranched alkanes of at least 4 members (excludes halogenated alkanes) is 3. The van der Waals surface area contributed by atoms with Crippen LogP contribution in [0.15, 0.2) is 24.3 Å². The van der Waals surface area contributed by atoms with E-state index in [0.717, 1.165) is 48.5 Å². The van der Waals surface area contributed by atoms with Gasteiger partial charge in [-0.1, -0.05) is 12.8 Å². The first kappa shape index (κ1) is 24.3. The first-order chi connectivity index (χ1) is 17.0. The number of piperidine rings is 1. The lowest BCUT2D eigenvalue weighted by atomic mass is 9.53. The van der Waals surface area contributed by atoms with Gasteiger partial charge in [0.1, 0.15) is 6.04 Å². The van der Waals surface area contributed by atoms with Crippen LogP contribution in [-0.2, 0) is 14.4 Å². The van der Waals surface area contributed by atoms with Crippen LogP contribution in [0.3, 0.4) is 0 Å². The normalized spacial score (nSPS) is 31.3. The molecule has 4 aliphatic carbocycles. The van der Waals surface area contributed by atoms with Crippen molar-refractivity contribution in [3.8, 4) is 0 Å². The second kappa shape index (κ2) is 10.7. The molecule has 190 valence electrons. The summed E-state index contributed by atoms with van der Waals surface area (Å²) in [5.74, 6) is 2.50. The second-order valence-corrected chi connectivity index (χ2v) is 11.6. The molecule has 1 unspecified atom stereocenters. The van der Waals surface area contributed by atoms with Gasteiger partial charge >= 0.3 is 0 Å². The largest absolute Gasteiger partial charge is 0.374 e. The number of imide groups is 1. The zero-order valence-corrected chi connectivity index (χ0v) is 20.7. The monoisotopic (exact) mass is 480 g/mol. The topological polar surface area (TPSA) is 99.3 Å². The van der Waals surface area contributed by atoms with Crippen LogP contribution in [0, 0.1) is 17.8 Å². The second-order valence-electron chi connectivity index (χ2n) is 11.6. The fourth-order valence-corrected chi connectivity index (χ4v) is 7.35. The first-order valence-electron chi connectivity index (χ1n) is 13.7. The third kappa shape index (κ3) is 6.24. The fraction of sp³-hybridized carbons (Fsp3) is 0.679. The highest BCUT2D eigenvalue weighted by molar-refractivity contribution is 6.01. The van der Waals surface area contributed by atoms with Gasteiger partial charge in [0.15, 0.2) is 0 Å². The molecule has 1 saturated heterocycles. The van der Waals surface area contributed by atoms with Gasteiger partial charge < -0.3 is 16.0 Å². The van der Waals surface area contributed by atoms with E-state index >= 15 is 0 Å². The van der Waals surface area contributed by atoms with Gasteiger partial charge in [0.05, 0.1) is 0 Å². The Kier molecular flexibility index (Phi) is 7.42. The van der Waals surface area contributed by atoms with Gasteiger partial charge in [-0.05, 0) is 106 Å². The van der Waals surface area contributed by atoms with Crippen molar-refractivity contribution in [2.75, 3.05) is 17.2 Å². The van der Waals surface area contributed by atoms with Gasteiger partial charge in [0.2, 0.25) is 17.7 Å². The fourth-order valence-electron chi connectivity index (χ4n) is 7.35. The van der Waals surface area contributed by atoms with E-state index in [4.69, 9.17) is 0 Å². The molecule has 7 nitrogen and oxygen atoms in total. The quantitative estimate of drug-likeness (QED) is 0.279. The Hall–Kier alpha value is -2.41. The lowest BCUT2D eigenvalue weighted by molar-refractivity contribution is -0.133. The van der Waals surface area contributed by atoms with E-state index < -0.39 is 6.04 Å². The molecule has 1 aliphatic heterocycles. The number of rotatable bonds is 11. The maximum atomic E-state index is 12.3. The predicted octanol–water partition coefficient (Wildman–Crippen LogP) is 4.35. The number of hydrogen-bond acceptors (Lipinski definition) is 5. The highest BCUT2D eigenvalue weighted by Gasteiger charge is 2.50. The van der Waals surface area contributed by atoms with Crippen molar-refractivity contribution in [2.45, 2.75) is 95.1 Å². The highest BCUT2D eigenvalue weighted by Crippen LogP contribution is 2.55. The summed E-state index contributed by atoms with van der Waals surface area (Å²) < 4.78 is 0. The molecule has 4 N–H and O–H groups in total. The number of carbonyl (C=O) groups excluding carboxylic acids is 3. The Morgan fingerprint density at radius 1 is 0.886 bits per heavy atom. The van der Waals surface area contributed by atoms with Crippen LogP contribution in [0.5, 0.6) is 0 Å². The molecule has 4 saturated carbocycles. The Balaban J connectivity index is 0.938. The van der Waals surface area contributed by atoms with Gasteiger partial charge in [0.25, 0.3) is 0 Å². The Bertz CT molecular complexity index is 893. The van der Waals surface area contributed by atoms with Crippen LogP contribution < -0.4 is 21.3 Å². The Labute approximate surface area is 208 Å². The molecule has 1 aromatic carbocycles. The van der Waals surface area contributed by atoms with E-state index in [9.17, 15) is 14.4 Å². The Morgan fingerprint density at radius 3 is 2.17 bits per heavy atom. The summed E-state index contributed by atoms with van der Waals surface area (Å²) in [6, 6.07) is 6.95. The van der Waals surface area contributed by atoms with Crippen molar-refractivity contribution in [2.24, 2.45) is 17.8 Å². The van der Waals surface area contributed by atoms with Crippen LogP contribution in [0.2, 0.25) is 0 Å². The smallest absolute Gasteiger partial charge is 0.249 e. The van der Waals surface area contributed by atoms with Crippen LogP contribution in [0.1, 0.15) is 83.5 Å². The zero-order chi connectivity index (χ0) is 24.3. The van der Waals surface area contributed by atoms with Gasteiger partial charge in [-0.3, -0.25) is 19.7 Å². The molecule has 35 heavy (non-hydrogen) atoms. The molecule has 5 aliphatic rings. The number of amides is 3. The Morgan fingerprint density at radius 2 is 1.51 bits per heavy atom. The van der Waals surface area contributed by atoms with E-state index in [-0.39, 0.29) is 17.7 Å². The third-order valence-corrected chi connectivity index (χ3v) is 8.62. The van der Waals surface area contributed by atoms with E-state index in [0.29, 0.717) is 24.8 Å². The van der Waals surface area contributed by atoms with E-state index in [1.807, 2.05) is 24.3 Å². The third-order valence-electron chi connectivity index (χ3n) is 8.62. The van der Waals surface area contributed by atoms with Crippen LogP contribution in [0.25, 0.3) is 0 Å². The summed E-state index contributed by atoms with van der Waals surface area (Å²) in [6.45, 7) is 1.12. The summed E-state index contributed by atoms with van der Waals surface area (Å²) in [4.78, 5) is 35.5. The molecule has 5 fully saturated rings. The minimum atomic E-state index is -0.407. The molecular weight excluding hydrogens is 440 g/mol. The lowest BCUT2D eigenvalue weighted by Gasteiger charge is -2.57. The van der Waals surface area contributed by atoms with Crippen molar-refractivity contribution < 1.29 is 14.4 Å². The molecular formula is C28H40N4O3. The number of hydrogen-bond donors (Lipinski definition) is 4. The minimum Gasteiger partial charge on any atom is -0.374 e. The number of anilines is 2. The number of nitrogens with one attached hydrogen (secondary N) is 4. The summed E-state index contributed by atoms with van der Waals surface area (Å²) in [5, 5.41) is 12.4. The zero-order valence-electron chi connectivity index (χ0n) is 20.7. The molecule has 6 rings (SSSR count). The summed E-state index contributed by atoms with van der Waals surface area (Å²) >= 11 is 0. The average molecular weight is 481 g/mol. The molecule has 4 bridgehead atoms. The molecule has 1 heterocycles. The van der Waals surface area contributed by atoms with Crippen LogP contribution in [0.4, 0.5) is 11.4 Å². The SMILES string of the molecule is O=C1CCC(Nc2ccc(NC(=O)CCCCCCNC34CC5CC(CC(C5)C3)C4)cc2)C(=O)N1. The van der Waals surface area contributed by atoms with Gasteiger partial charge in [-0.2, -0.15) is 0 Å². The van der Waals surface area contributed by atoms with Gasteiger partial charge in [-0.25, -0.2) is 0 Å². The molecule has 7 heteroatoms. The first-order valence-corrected chi connectivity index (χ1v) is 13.7. The van der Waals surface area contributed by atoms with Crippen molar-refractivity contribution in [3.05, 3.63) is 24.3 Å². The predicted molar refractivity (Wildman–Crippen MR) is 137 cm³/mol. The van der Waals surface area contributed by atoms with Crippen molar-refractivity contribution >= 4 is 29.1 Å². The molecule has 0 aromatic heterocycles. The molecule has 1 atom stereocenters. The average Bonchev–Trinajstić information content (AvgIpc) is 2.80.